The molecule has 0 aliphatic carbocycles. The molecule has 6 rings (SSSR count). The summed E-state index contributed by atoms with van der Waals surface area (Å²) in [5, 5.41) is 0. The molecule has 0 bridgehead atoms. The number of fused-ring (bicyclic) bond motifs is 1. The molecular formula is C32H30F2N6O6. The summed E-state index contributed by atoms with van der Waals surface area (Å²) in [6.45, 7) is 0.820. The Hall–Kier alpha value is -5.40. The number of carbonyl (C=O) groups excluding carboxylic acids is 4. The van der Waals surface area contributed by atoms with Crippen LogP contribution >= 0.6 is 0 Å². The van der Waals surface area contributed by atoms with Crippen molar-refractivity contribution in [1.29, 1.82) is 0 Å². The minimum atomic E-state index is -0.856. The van der Waals surface area contributed by atoms with Crippen LogP contribution in [0.2, 0.25) is 0 Å². The number of halogens is 2. The van der Waals surface area contributed by atoms with Gasteiger partial charge in [0.15, 0.2) is 17.4 Å². The Morgan fingerprint density at radius 3 is 2.41 bits per heavy atom. The van der Waals surface area contributed by atoms with E-state index >= 15 is 8.78 Å². The van der Waals surface area contributed by atoms with Gasteiger partial charge in [-0.25, -0.2) is 23.5 Å². The number of piperazine rings is 1. The number of anilines is 2. The van der Waals surface area contributed by atoms with Crippen molar-refractivity contribution >= 4 is 40.9 Å². The van der Waals surface area contributed by atoms with Crippen LogP contribution < -0.4 is 14.5 Å². The number of imidazole rings is 1. The lowest BCUT2D eigenvalue weighted by atomic mass is 10.1. The molecule has 2 aromatic heterocycles. The lowest BCUT2D eigenvalue weighted by molar-refractivity contribution is -0.135. The highest BCUT2D eigenvalue weighted by molar-refractivity contribution is 5.96. The van der Waals surface area contributed by atoms with Gasteiger partial charge in [-0.05, 0) is 24.6 Å². The molecule has 2 aromatic carbocycles. The molecule has 2 aliphatic rings. The smallest absolute Gasteiger partial charge is 0.414 e. The van der Waals surface area contributed by atoms with E-state index in [1.54, 1.807) is 64.3 Å². The minimum absolute atomic E-state index is 0.00187. The quantitative estimate of drug-likeness (QED) is 0.145. The third kappa shape index (κ3) is 6.80. The van der Waals surface area contributed by atoms with Crippen molar-refractivity contribution in [2.75, 3.05) is 42.5 Å². The Balaban J connectivity index is 0.992. The summed E-state index contributed by atoms with van der Waals surface area (Å²) in [6.07, 6.45) is 3.58. The van der Waals surface area contributed by atoms with Crippen molar-refractivity contribution in [1.82, 2.24) is 19.3 Å². The fourth-order valence-corrected chi connectivity index (χ4v) is 5.49. The van der Waals surface area contributed by atoms with E-state index in [0.29, 0.717) is 11.5 Å². The number of ether oxygens (including phenoxy) is 2. The molecule has 2 amide bonds. The van der Waals surface area contributed by atoms with Crippen molar-refractivity contribution in [3.8, 4) is 5.75 Å². The van der Waals surface area contributed by atoms with Gasteiger partial charge in [-0.15, -0.1) is 0 Å². The molecule has 4 heterocycles. The molecular weight excluding hydrogens is 602 g/mol. The fourth-order valence-electron chi connectivity index (χ4n) is 5.49. The number of hydrogen-bond acceptors (Lipinski definition) is 9. The summed E-state index contributed by atoms with van der Waals surface area (Å²) in [4.78, 5) is 62.5. The highest BCUT2D eigenvalue weighted by atomic mass is 19.1. The topological polar surface area (TPSA) is 127 Å². The average molecular weight is 633 g/mol. The van der Waals surface area contributed by atoms with Gasteiger partial charge in [0.05, 0.1) is 12.2 Å². The Labute approximate surface area is 262 Å². The first-order chi connectivity index (χ1) is 22.2. The van der Waals surface area contributed by atoms with Crippen LogP contribution in [0.3, 0.4) is 0 Å². The first-order valence-corrected chi connectivity index (χ1v) is 14.8. The zero-order chi connectivity index (χ0) is 32.2. The first kappa shape index (κ1) is 30.6. The predicted octanol–water partition coefficient (Wildman–Crippen LogP) is 4.03. The zero-order valence-corrected chi connectivity index (χ0v) is 24.7. The summed E-state index contributed by atoms with van der Waals surface area (Å²) >= 11 is 0. The van der Waals surface area contributed by atoms with E-state index in [-0.39, 0.29) is 87.2 Å². The van der Waals surface area contributed by atoms with Crippen molar-refractivity contribution < 1.29 is 37.4 Å². The van der Waals surface area contributed by atoms with Gasteiger partial charge in [0.25, 0.3) is 0 Å². The molecule has 2 fully saturated rings. The van der Waals surface area contributed by atoms with Crippen molar-refractivity contribution in [3.63, 3.8) is 0 Å². The van der Waals surface area contributed by atoms with E-state index in [1.165, 1.54) is 4.90 Å². The number of nitrogens with zero attached hydrogens (tertiary/aromatic N) is 6. The van der Waals surface area contributed by atoms with E-state index in [9.17, 15) is 19.2 Å². The normalized spacial score (nSPS) is 16.5. The number of ketones is 1. The second-order valence-corrected chi connectivity index (χ2v) is 10.9. The van der Waals surface area contributed by atoms with Gasteiger partial charge in [-0.1, -0.05) is 18.2 Å². The van der Waals surface area contributed by atoms with E-state index < -0.39 is 29.8 Å². The van der Waals surface area contributed by atoms with Gasteiger partial charge < -0.3 is 19.3 Å². The van der Waals surface area contributed by atoms with Gasteiger partial charge in [-0.2, -0.15) is 0 Å². The monoisotopic (exact) mass is 632 g/mol. The third-order valence-corrected chi connectivity index (χ3v) is 7.87. The molecule has 0 radical (unpaired) electrons. The number of carbonyl (C=O) groups is 4. The second-order valence-electron chi connectivity index (χ2n) is 10.9. The number of hydrogen-bond donors (Lipinski definition) is 0. The minimum Gasteiger partial charge on any atom is -0.444 e. The number of para-hydroxylation sites is 1. The largest absolute Gasteiger partial charge is 0.444 e. The van der Waals surface area contributed by atoms with Crippen molar-refractivity contribution in [2.45, 2.75) is 31.8 Å². The number of aromatic nitrogens is 3. The van der Waals surface area contributed by atoms with Crippen LogP contribution in [0.4, 0.5) is 25.0 Å². The van der Waals surface area contributed by atoms with E-state index in [1.807, 2.05) is 0 Å². The summed E-state index contributed by atoms with van der Waals surface area (Å²) in [5.74, 6) is -1.92. The maximum Gasteiger partial charge on any atom is 0.414 e. The molecule has 0 N–H and O–H groups in total. The van der Waals surface area contributed by atoms with Crippen LogP contribution in [0.15, 0.2) is 67.1 Å². The highest BCUT2D eigenvalue weighted by Crippen LogP contribution is 2.32. The summed E-state index contributed by atoms with van der Waals surface area (Å²) < 4.78 is 42.8. The molecule has 1 atom stereocenters. The Morgan fingerprint density at radius 2 is 1.70 bits per heavy atom. The standard InChI is InChI=1S/C32H30F2N6O6/c33-24-17-21(40-19-23(46-32(40)44)7-10-29(43)45-22-5-2-1-3-6-22)18-25(34)30(24)38-15-13-37(14-16-38)28(42)9-8-27(41)26-20-39-12-4-11-35-31(39)36-26/h1-6,11-12,17-18,20,23H,7-10,13-16,19H2/t23-/m0/s1. The molecule has 2 aliphatic heterocycles. The van der Waals surface area contributed by atoms with Crippen molar-refractivity contribution in [2.24, 2.45) is 0 Å². The van der Waals surface area contributed by atoms with Crippen LogP contribution in [0, 0.1) is 11.6 Å². The Morgan fingerprint density at radius 1 is 0.957 bits per heavy atom. The fraction of sp³-hybridized carbons (Fsp3) is 0.312. The third-order valence-electron chi connectivity index (χ3n) is 7.87. The van der Waals surface area contributed by atoms with E-state index in [0.717, 1.165) is 17.0 Å². The van der Waals surface area contributed by atoms with E-state index in [2.05, 4.69) is 9.97 Å². The summed E-state index contributed by atoms with van der Waals surface area (Å²) in [7, 11) is 0. The number of amides is 2. The average Bonchev–Trinajstić information content (AvgIpc) is 3.66. The molecule has 12 nitrogen and oxygen atoms in total. The van der Waals surface area contributed by atoms with Crippen molar-refractivity contribution in [3.05, 3.63) is 84.4 Å². The van der Waals surface area contributed by atoms with E-state index in [4.69, 9.17) is 9.47 Å². The number of benzene rings is 2. The molecule has 238 valence electrons. The number of rotatable bonds is 10. The summed E-state index contributed by atoms with van der Waals surface area (Å²) in [6, 6.07) is 12.4. The zero-order valence-electron chi connectivity index (χ0n) is 24.7. The van der Waals surface area contributed by atoms with Gasteiger partial charge in [0, 0.05) is 76.2 Å². The van der Waals surface area contributed by atoms with Crippen LogP contribution in [-0.2, 0) is 14.3 Å². The van der Waals surface area contributed by atoms with Crippen LogP contribution in [0.1, 0.15) is 36.2 Å². The molecule has 2 saturated heterocycles. The maximum atomic E-state index is 15.3. The lowest BCUT2D eigenvalue weighted by Crippen LogP contribution is -2.49. The van der Waals surface area contributed by atoms with Crippen LogP contribution in [0.25, 0.3) is 5.78 Å². The van der Waals surface area contributed by atoms with Gasteiger partial charge in [0.2, 0.25) is 11.7 Å². The predicted molar refractivity (Wildman–Crippen MR) is 161 cm³/mol. The number of esters is 1. The Kier molecular flexibility index (Phi) is 8.85. The van der Waals surface area contributed by atoms with Crippen LogP contribution in [-0.4, -0.2) is 81.8 Å². The molecule has 14 heteroatoms. The highest BCUT2D eigenvalue weighted by Gasteiger charge is 2.34. The lowest BCUT2D eigenvalue weighted by Gasteiger charge is -2.36. The van der Waals surface area contributed by atoms with Crippen LogP contribution in [0.5, 0.6) is 5.75 Å². The Bertz CT molecular complexity index is 1720. The van der Waals surface area contributed by atoms with Gasteiger partial charge in [-0.3, -0.25) is 23.7 Å². The number of cyclic esters (lactones) is 1. The molecule has 0 saturated carbocycles. The SMILES string of the molecule is O=C(CC[C@H]1CN(c2cc(F)c(N3CCN(C(=O)CCC(=O)c4cn5cccnc5n4)CC3)c(F)c2)C(=O)O1)Oc1ccccc1. The maximum absolute atomic E-state index is 15.3. The van der Waals surface area contributed by atoms with Gasteiger partial charge >= 0.3 is 12.1 Å². The summed E-state index contributed by atoms with van der Waals surface area (Å²) in [5.41, 5.74) is -0.0239. The second kappa shape index (κ2) is 13.3. The molecule has 4 aromatic rings. The first-order valence-electron chi connectivity index (χ1n) is 14.8. The number of Topliss-reactive ketones (excluding diaryl/α,β-unsaturated/α-hetero) is 1. The molecule has 0 spiro atoms. The molecule has 46 heavy (non-hydrogen) atoms. The molecule has 0 unspecified atom stereocenters. The van der Waals surface area contributed by atoms with Gasteiger partial charge in [0.1, 0.15) is 23.2 Å².